The number of amides is 1. The van der Waals surface area contributed by atoms with Gasteiger partial charge in [-0.25, -0.2) is 8.42 Å². The Morgan fingerprint density at radius 2 is 1.69 bits per heavy atom. The summed E-state index contributed by atoms with van der Waals surface area (Å²) in [6.07, 6.45) is 1.76. The van der Waals surface area contributed by atoms with Gasteiger partial charge < -0.3 is 5.32 Å². The number of carbonyl (C=O) groups excluding carboxylic acids is 1. The van der Waals surface area contributed by atoms with Crippen LogP contribution in [0.2, 0.25) is 0 Å². The predicted octanol–water partition coefficient (Wildman–Crippen LogP) is 4.06. The maximum Gasteiger partial charge on any atom is 0.255 e. The van der Waals surface area contributed by atoms with Crippen molar-refractivity contribution in [1.29, 1.82) is 0 Å². The fraction of sp³-hybridized carbons (Fsp3) is 0.350. The highest BCUT2D eigenvalue weighted by atomic mass is 32.2. The molecule has 0 unspecified atom stereocenters. The van der Waals surface area contributed by atoms with Crippen LogP contribution in [0.1, 0.15) is 42.6 Å². The molecule has 2 rings (SSSR count). The monoisotopic (exact) mass is 374 g/mol. The lowest BCUT2D eigenvalue weighted by Gasteiger charge is -2.20. The molecule has 0 aliphatic heterocycles. The van der Waals surface area contributed by atoms with Crippen molar-refractivity contribution in [2.75, 3.05) is 18.4 Å². The molecule has 1 N–H and O–H groups in total. The quantitative estimate of drug-likeness (QED) is 0.758. The van der Waals surface area contributed by atoms with Crippen molar-refractivity contribution in [2.24, 2.45) is 0 Å². The first-order valence-corrected chi connectivity index (χ1v) is 10.3. The summed E-state index contributed by atoms with van der Waals surface area (Å²) in [6, 6.07) is 13.6. The van der Waals surface area contributed by atoms with Gasteiger partial charge in [-0.05, 0) is 49.2 Å². The molecule has 0 aromatic heterocycles. The summed E-state index contributed by atoms with van der Waals surface area (Å²) in [7, 11) is -3.53. The summed E-state index contributed by atoms with van der Waals surface area (Å²) < 4.78 is 26.9. The van der Waals surface area contributed by atoms with Gasteiger partial charge in [-0.2, -0.15) is 4.31 Å². The van der Waals surface area contributed by atoms with Crippen LogP contribution >= 0.6 is 0 Å². The van der Waals surface area contributed by atoms with Crippen LogP contribution in [0.3, 0.4) is 0 Å². The largest absolute Gasteiger partial charge is 0.322 e. The van der Waals surface area contributed by atoms with Crippen molar-refractivity contribution < 1.29 is 13.2 Å². The molecule has 6 heteroatoms. The van der Waals surface area contributed by atoms with Gasteiger partial charge in [0.1, 0.15) is 0 Å². The number of nitrogens with zero attached hydrogens (tertiary/aromatic N) is 1. The van der Waals surface area contributed by atoms with Crippen LogP contribution in [0.25, 0.3) is 0 Å². The van der Waals surface area contributed by atoms with Gasteiger partial charge in [-0.1, -0.05) is 38.5 Å². The number of hydrogen-bond acceptors (Lipinski definition) is 3. The summed E-state index contributed by atoms with van der Waals surface area (Å²) in [6.45, 7) is 6.71. The highest BCUT2D eigenvalue weighted by molar-refractivity contribution is 7.89. The molecule has 0 fully saturated rings. The molecule has 1 amide bonds. The second kappa shape index (κ2) is 8.96. The average Bonchev–Trinajstić information content (AvgIpc) is 2.64. The minimum atomic E-state index is -3.53. The van der Waals surface area contributed by atoms with Gasteiger partial charge in [0.2, 0.25) is 10.0 Å². The third kappa shape index (κ3) is 4.71. The zero-order valence-corrected chi connectivity index (χ0v) is 16.3. The van der Waals surface area contributed by atoms with Gasteiger partial charge in [-0.3, -0.25) is 4.79 Å². The van der Waals surface area contributed by atoms with Crippen molar-refractivity contribution in [3.05, 3.63) is 59.7 Å². The zero-order valence-electron chi connectivity index (χ0n) is 15.5. The van der Waals surface area contributed by atoms with Crippen molar-refractivity contribution in [3.8, 4) is 0 Å². The maximum absolute atomic E-state index is 12.7. The number of aryl methyl sites for hydroxylation is 1. The highest BCUT2D eigenvalue weighted by Crippen LogP contribution is 2.19. The number of carbonyl (C=O) groups is 1. The van der Waals surface area contributed by atoms with Gasteiger partial charge in [0.05, 0.1) is 4.90 Å². The van der Waals surface area contributed by atoms with Crippen LogP contribution in [0, 0.1) is 6.92 Å². The fourth-order valence-electron chi connectivity index (χ4n) is 2.62. The number of anilines is 1. The Kier molecular flexibility index (Phi) is 6.94. The number of para-hydroxylation sites is 1. The molecule has 5 nitrogen and oxygen atoms in total. The lowest BCUT2D eigenvalue weighted by atomic mass is 10.1. The normalized spacial score (nSPS) is 11.5. The Morgan fingerprint density at radius 3 is 2.27 bits per heavy atom. The number of benzene rings is 2. The van der Waals surface area contributed by atoms with E-state index < -0.39 is 10.0 Å². The van der Waals surface area contributed by atoms with Crippen LogP contribution < -0.4 is 5.32 Å². The summed E-state index contributed by atoms with van der Waals surface area (Å²) in [5.41, 5.74) is 2.13. The summed E-state index contributed by atoms with van der Waals surface area (Å²) in [5, 5.41) is 2.85. The number of unbranched alkanes of at least 4 members (excludes halogenated alkanes) is 1. The molecular weight excluding hydrogens is 348 g/mol. The number of rotatable bonds is 8. The molecule has 0 aliphatic carbocycles. The minimum absolute atomic E-state index is 0.211. The molecular formula is C20H26N2O3S. The van der Waals surface area contributed by atoms with E-state index in [4.69, 9.17) is 0 Å². The smallest absolute Gasteiger partial charge is 0.255 e. The number of nitrogens with one attached hydrogen (secondary N) is 1. The van der Waals surface area contributed by atoms with Gasteiger partial charge in [-0.15, -0.1) is 0 Å². The van der Waals surface area contributed by atoms with Crippen LogP contribution in [0.4, 0.5) is 5.69 Å². The Morgan fingerprint density at radius 1 is 1.04 bits per heavy atom. The molecule has 0 atom stereocenters. The maximum atomic E-state index is 12.7. The highest BCUT2D eigenvalue weighted by Gasteiger charge is 2.22. The third-order valence-electron chi connectivity index (χ3n) is 4.26. The molecule has 0 radical (unpaired) electrons. The van der Waals surface area contributed by atoms with E-state index in [0.29, 0.717) is 18.7 Å². The summed E-state index contributed by atoms with van der Waals surface area (Å²) >= 11 is 0. The van der Waals surface area contributed by atoms with Gasteiger partial charge in [0.25, 0.3) is 5.91 Å². The van der Waals surface area contributed by atoms with Crippen molar-refractivity contribution in [2.45, 2.75) is 38.5 Å². The lowest BCUT2D eigenvalue weighted by molar-refractivity contribution is 0.102. The molecule has 0 heterocycles. The fourth-order valence-corrected chi connectivity index (χ4v) is 4.11. The first-order chi connectivity index (χ1) is 12.4. The zero-order chi connectivity index (χ0) is 19.2. The lowest BCUT2D eigenvalue weighted by Crippen LogP contribution is -2.31. The Hall–Kier alpha value is -2.18. The molecule has 0 spiro atoms. The summed E-state index contributed by atoms with van der Waals surface area (Å²) in [4.78, 5) is 12.6. The van der Waals surface area contributed by atoms with E-state index in [1.807, 2.05) is 45.0 Å². The summed E-state index contributed by atoms with van der Waals surface area (Å²) in [5.74, 6) is -0.262. The predicted molar refractivity (Wildman–Crippen MR) is 105 cm³/mol. The molecule has 0 aliphatic rings. The van der Waals surface area contributed by atoms with E-state index in [9.17, 15) is 13.2 Å². The van der Waals surface area contributed by atoms with E-state index in [-0.39, 0.29) is 10.8 Å². The van der Waals surface area contributed by atoms with Crippen molar-refractivity contribution in [3.63, 3.8) is 0 Å². The Labute approximate surface area is 156 Å². The first kappa shape index (κ1) is 20.1. The van der Waals surface area contributed by atoms with Gasteiger partial charge in [0.15, 0.2) is 0 Å². The topological polar surface area (TPSA) is 66.5 Å². The van der Waals surface area contributed by atoms with E-state index in [0.717, 1.165) is 24.1 Å². The van der Waals surface area contributed by atoms with Gasteiger partial charge in [0, 0.05) is 24.3 Å². The Balaban J connectivity index is 2.16. The number of hydrogen-bond donors (Lipinski definition) is 1. The van der Waals surface area contributed by atoms with Crippen molar-refractivity contribution >= 4 is 21.6 Å². The minimum Gasteiger partial charge on any atom is -0.322 e. The van der Waals surface area contributed by atoms with Crippen LogP contribution in [-0.4, -0.2) is 31.7 Å². The first-order valence-electron chi connectivity index (χ1n) is 8.87. The van der Waals surface area contributed by atoms with E-state index in [1.54, 1.807) is 12.1 Å². The average molecular weight is 375 g/mol. The van der Waals surface area contributed by atoms with Crippen LogP contribution in [-0.2, 0) is 10.0 Å². The van der Waals surface area contributed by atoms with E-state index in [2.05, 4.69) is 5.32 Å². The molecule has 0 bridgehead atoms. The van der Waals surface area contributed by atoms with E-state index in [1.165, 1.54) is 16.4 Å². The molecule has 2 aromatic rings. The molecule has 0 saturated heterocycles. The SMILES string of the molecule is CCCCN(CC)S(=O)(=O)c1ccc(C(=O)Nc2ccccc2C)cc1. The Bertz CT molecular complexity index is 846. The standard InChI is InChI=1S/C20H26N2O3S/c1-4-6-15-22(5-2)26(24,25)18-13-11-17(12-14-18)20(23)21-19-10-8-7-9-16(19)3/h7-14H,4-6,15H2,1-3H3,(H,21,23). The van der Waals surface area contributed by atoms with Crippen LogP contribution in [0.5, 0.6) is 0 Å². The second-order valence-corrected chi connectivity index (χ2v) is 8.08. The van der Waals surface area contributed by atoms with Crippen LogP contribution in [0.15, 0.2) is 53.4 Å². The van der Waals surface area contributed by atoms with E-state index >= 15 is 0 Å². The number of sulfonamides is 1. The molecule has 0 saturated carbocycles. The molecule has 140 valence electrons. The molecule has 26 heavy (non-hydrogen) atoms. The van der Waals surface area contributed by atoms with Crippen molar-refractivity contribution in [1.82, 2.24) is 4.31 Å². The third-order valence-corrected chi connectivity index (χ3v) is 6.25. The molecule has 2 aromatic carbocycles. The second-order valence-electron chi connectivity index (χ2n) is 6.14. The van der Waals surface area contributed by atoms with Gasteiger partial charge >= 0.3 is 0 Å².